The molecule has 23 heavy (non-hydrogen) atoms. The van der Waals surface area contributed by atoms with E-state index in [-0.39, 0.29) is 16.4 Å². The van der Waals surface area contributed by atoms with Crippen LogP contribution in [-0.2, 0) is 26.1 Å². The molecule has 1 aromatic rings. The number of rotatable bonds is 4. The second kappa shape index (κ2) is 6.18. The molecule has 128 valence electrons. The minimum absolute atomic E-state index is 0.0378. The molecular formula is C16H23NO4S2. The Kier molecular flexibility index (Phi) is 4.55. The Morgan fingerprint density at radius 1 is 1.09 bits per heavy atom. The largest absolute Gasteiger partial charge is 0.298 e. The zero-order valence-electron chi connectivity index (χ0n) is 13.3. The van der Waals surface area contributed by atoms with E-state index >= 15 is 0 Å². The maximum Gasteiger partial charge on any atom is 0.183 e. The van der Waals surface area contributed by atoms with Gasteiger partial charge in [-0.15, -0.1) is 0 Å². The second-order valence-corrected chi connectivity index (χ2v) is 10.8. The van der Waals surface area contributed by atoms with Gasteiger partial charge in [0.2, 0.25) is 0 Å². The van der Waals surface area contributed by atoms with Gasteiger partial charge in [0.15, 0.2) is 19.7 Å². The standard InChI is InChI=1S/C16H23NO4S2/c1-2-13-5-7-14(8-6-13)23(20,21)16-12-22(18,19)11-15(16)17-9-3-4-10-17/h5-8,15-16H,2-4,9-12H2,1H3/t15-,16-/m0/s1. The van der Waals surface area contributed by atoms with Crippen LogP contribution in [0.25, 0.3) is 0 Å². The predicted octanol–water partition coefficient (Wildman–Crippen LogP) is 1.28. The van der Waals surface area contributed by atoms with E-state index < -0.39 is 31.0 Å². The maximum atomic E-state index is 13.0. The molecule has 0 spiro atoms. The molecule has 0 aromatic heterocycles. The van der Waals surface area contributed by atoms with Crippen LogP contribution in [0.2, 0.25) is 0 Å². The van der Waals surface area contributed by atoms with Gasteiger partial charge >= 0.3 is 0 Å². The Morgan fingerprint density at radius 3 is 2.26 bits per heavy atom. The van der Waals surface area contributed by atoms with E-state index in [0.717, 1.165) is 37.9 Å². The monoisotopic (exact) mass is 357 g/mol. The van der Waals surface area contributed by atoms with Gasteiger partial charge in [-0.1, -0.05) is 19.1 Å². The summed E-state index contributed by atoms with van der Waals surface area (Å²) in [7, 11) is -6.95. The zero-order chi connectivity index (χ0) is 16.7. The summed E-state index contributed by atoms with van der Waals surface area (Å²) in [6, 6.07) is 6.43. The number of likely N-dealkylation sites (tertiary alicyclic amines) is 1. The SMILES string of the molecule is CCc1ccc(S(=O)(=O)[C@H]2CS(=O)(=O)C[C@@H]2N2CCCC2)cc1. The Labute approximate surface area is 138 Å². The molecule has 0 bridgehead atoms. The summed E-state index contributed by atoms with van der Waals surface area (Å²) in [4.78, 5) is 2.29. The summed E-state index contributed by atoms with van der Waals surface area (Å²) in [6.45, 7) is 3.60. The summed E-state index contributed by atoms with van der Waals surface area (Å²) in [5.41, 5.74) is 1.07. The average molecular weight is 357 g/mol. The van der Waals surface area contributed by atoms with Crippen molar-refractivity contribution in [3.8, 4) is 0 Å². The Bertz CT molecular complexity index is 763. The van der Waals surface area contributed by atoms with Crippen molar-refractivity contribution < 1.29 is 16.8 Å². The van der Waals surface area contributed by atoms with Crippen LogP contribution in [0.5, 0.6) is 0 Å². The normalized spacial score (nSPS) is 28.2. The van der Waals surface area contributed by atoms with Gasteiger partial charge in [-0.25, -0.2) is 16.8 Å². The van der Waals surface area contributed by atoms with Crippen LogP contribution < -0.4 is 0 Å². The third-order valence-electron chi connectivity index (χ3n) is 4.94. The van der Waals surface area contributed by atoms with Crippen LogP contribution in [0, 0.1) is 0 Å². The molecule has 0 N–H and O–H groups in total. The van der Waals surface area contributed by atoms with Gasteiger partial charge < -0.3 is 0 Å². The van der Waals surface area contributed by atoms with Crippen molar-refractivity contribution in [1.29, 1.82) is 0 Å². The molecule has 2 fully saturated rings. The quantitative estimate of drug-likeness (QED) is 0.812. The van der Waals surface area contributed by atoms with Crippen LogP contribution in [0.3, 0.4) is 0 Å². The predicted molar refractivity (Wildman–Crippen MR) is 90.0 cm³/mol. The molecule has 2 heterocycles. The number of sulfone groups is 2. The molecular weight excluding hydrogens is 334 g/mol. The third kappa shape index (κ3) is 3.32. The number of hydrogen-bond donors (Lipinski definition) is 0. The lowest BCUT2D eigenvalue weighted by molar-refractivity contribution is 0.264. The minimum atomic E-state index is -3.64. The van der Waals surface area contributed by atoms with Crippen molar-refractivity contribution in [2.24, 2.45) is 0 Å². The first-order chi connectivity index (χ1) is 10.8. The highest BCUT2D eigenvalue weighted by Crippen LogP contribution is 2.30. The molecule has 1 aromatic carbocycles. The molecule has 0 unspecified atom stereocenters. The fourth-order valence-corrected chi connectivity index (χ4v) is 8.43. The van der Waals surface area contributed by atoms with E-state index in [0.29, 0.717) is 0 Å². The second-order valence-electron chi connectivity index (χ2n) is 6.47. The molecule has 2 atom stereocenters. The number of benzene rings is 1. The highest BCUT2D eigenvalue weighted by Gasteiger charge is 2.48. The van der Waals surface area contributed by atoms with Crippen molar-refractivity contribution in [3.05, 3.63) is 29.8 Å². The van der Waals surface area contributed by atoms with Crippen LogP contribution in [-0.4, -0.2) is 57.6 Å². The first-order valence-corrected chi connectivity index (χ1v) is 11.5. The summed E-state index contributed by atoms with van der Waals surface area (Å²) in [6.07, 6.45) is 2.86. The molecule has 0 saturated carbocycles. The summed E-state index contributed by atoms with van der Waals surface area (Å²) < 4.78 is 50.2. The molecule has 2 aliphatic heterocycles. The Balaban J connectivity index is 1.95. The van der Waals surface area contributed by atoms with E-state index in [1.807, 2.05) is 11.8 Å². The summed E-state index contributed by atoms with van der Waals surface area (Å²) in [5, 5.41) is -0.849. The van der Waals surface area contributed by atoms with Crippen molar-refractivity contribution >= 4 is 19.7 Å². The molecule has 5 nitrogen and oxygen atoms in total. The lowest BCUT2D eigenvalue weighted by Gasteiger charge is -2.27. The topological polar surface area (TPSA) is 71.5 Å². The van der Waals surface area contributed by atoms with E-state index in [2.05, 4.69) is 0 Å². The number of nitrogens with zero attached hydrogens (tertiary/aromatic N) is 1. The van der Waals surface area contributed by atoms with Crippen LogP contribution in [0.15, 0.2) is 29.2 Å². The molecule has 7 heteroatoms. The van der Waals surface area contributed by atoms with E-state index in [1.165, 1.54) is 0 Å². The summed E-state index contributed by atoms with van der Waals surface area (Å²) >= 11 is 0. The van der Waals surface area contributed by atoms with Gasteiger partial charge in [-0.05, 0) is 50.0 Å². The molecule has 2 saturated heterocycles. The first-order valence-electron chi connectivity index (χ1n) is 8.11. The molecule has 0 radical (unpaired) electrons. The van der Waals surface area contributed by atoms with Gasteiger partial charge in [0.05, 0.1) is 21.7 Å². The van der Waals surface area contributed by atoms with E-state index in [4.69, 9.17) is 0 Å². The third-order valence-corrected chi connectivity index (χ3v) is 9.07. The number of aryl methyl sites for hydroxylation is 1. The van der Waals surface area contributed by atoms with Crippen LogP contribution in [0.4, 0.5) is 0 Å². The van der Waals surface area contributed by atoms with Crippen molar-refractivity contribution in [3.63, 3.8) is 0 Å². The lowest BCUT2D eigenvalue weighted by atomic mass is 10.2. The van der Waals surface area contributed by atoms with Gasteiger partial charge in [-0.3, -0.25) is 4.90 Å². The van der Waals surface area contributed by atoms with Crippen molar-refractivity contribution in [2.75, 3.05) is 24.6 Å². The fourth-order valence-electron chi connectivity index (χ4n) is 3.60. The number of hydrogen-bond acceptors (Lipinski definition) is 5. The average Bonchev–Trinajstić information content (AvgIpc) is 3.14. The molecule has 3 rings (SSSR count). The Morgan fingerprint density at radius 2 is 1.70 bits per heavy atom. The van der Waals surface area contributed by atoms with Crippen molar-refractivity contribution in [1.82, 2.24) is 4.90 Å². The maximum absolute atomic E-state index is 13.0. The van der Waals surface area contributed by atoms with Crippen LogP contribution in [0.1, 0.15) is 25.3 Å². The smallest absolute Gasteiger partial charge is 0.183 e. The highest BCUT2D eigenvalue weighted by atomic mass is 32.2. The Hall–Kier alpha value is -0.920. The zero-order valence-corrected chi connectivity index (χ0v) is 14.9. The fraction of sp³-hybridized carbons (Fsp3) is 0.625. The lowest BCUT2D eigenvalue weighted by Crippen LogP contribution is -2.45. The van der Waals surface area contributed by atoms with E-state index in [9.17, 15) is 16.8 Å². The molecule has 0 aliphatic carbocycles. The van der Waals surface area contributed by atoms with Gasteiger partial charge in [-0.2, -0.15) is 0 Å². The molecule has 0 amide bonds. The molecule has 2 aliphatic rings. The van der Waals surface area contributed by atoms with E-state index in [1.54, 1.807) is 24.3 Å². The summed E-state index contributed by atoms with van der Waals surface area (Å²) in [5.74, 6) is -0.296. The van der Waals surface area contributed by atoms with Crippen molar-refractivity contribution in [2.45, 2.75) is 42.4 Å². The van der Waals surface area contributed by atoms with Gasteiger partial charge in [0.1, 0.15) is 0 Å². The van der Waals surface area contributed by atoms with Gasteiger partial charge in [0, 0.05) is 6.04 Å². The van der Waals surface area contributed by atoms with Crippen LogP contribution >= 0.6 is 0 Å². The highest BCUT2D eigenvalue weighted by molar-refractivity contribution is 7.96. The first kappa shape index (κ1) is 16.9. The minimum Gasteiger partial charge on any atom is -0.298 e. The van der Waals surface area contributed by atoms with Gasteiger partial charge in [0.25, 0.3) is 0 Å².